The fourth-order valence-electron chi connectivity index (χ4n) is 4.53. The number of nitrogens with zero attached hydrogens (tertiary/aromatic N) is 1. The minimum atomic E-state index is 1.05. The van der Waals surface area contributed by atoms with Crippen LogP contribution >= 0.6 is 0 Å². The molecule has 2 nitrogen and oxygen atoms in total. The van der Waals surface area contributed by atoms with Crippen molar-refractivity contribution in [3.05, 3.63) is 102 Å². The fraction of sp³-hybridized carbons (Fsp3) is 0.0769. The van der Waals surface area contributed by atoms with Gasteiger partial charge in [-0.2, -0.15) is 0 Å². The number of nitrogens with one attached hydrogen (secondary N) is 1. The van der Waals surface area contributed by atoms with Gasteiger partial charge in [-0.1, -0.05) is 54.6 Å². The predicted molar refractivity (Wildman–Crippen MR) is 118 cm³/mol. The highest BCUT2D eigenvalue weighted by Crippen LogP contribution is 2.43. The van der Waals surface area contributed by atoms with Crippen molar-refractivity contribution in [2.24, 2.45) is 0 Å². The van der Waals surface area contributed by atoms with Crippen molar-refractivity contribution in [3.63, 3.8) is 0 Å². The first-order valence-electron chi connectivity index (χ1n) is 9.85. The molecule has 1 N–H and O–H groups in total. The third-order valence-electron chi connectivity index (χ3n) is 5.86. The lowest BCUT2D eigenvalue weighted by molar-refractivity contribution is 0.979. The monoisotopic (exact) mass is 360 g/mol. The van der Waals surface area contributed by atoms with Crippen molar-refractivity contribution in [3.8, 4) is 0 Å². The standard InChI is InChI=1S/C26H20N2/c1-2-9-20(10-3-1)28-25-13-7-4-8-18(25)14-15-19-16-22-21-11-5-6-12-23(21)27-24(22)17-26(19)28/h1-13,16-17,27H,14-15H2. The van der Waals surface area contributed by atoms with E-state index in [4.69, 9.17) is 0 Å². The molecule has 0 atom stereocenters. The Hall–Kier alpha value is -3.52. The van der Waals surface area contributed by atoms with E-state index in [0.717, 1.165) is 12.8 Å². The molecule has 0 spiro atoms. The molecule has 0 bridgehead atoms. The quantitative estimate of drug-likeness (QED) is 0.345. The number of H-pyrrole nitrogens is 1. The molecular weight excluding hydrogens is 340 g/mol. The van der Waals surface area contributed by atoms with Crippen molar-refractivity contribution in [1.82, 2.24) is 4.98 Å². The summed E-state index contributed by atoms with van der Waals surface area (Å²) in [5.41, 5.74) is 8.95. The highest BCUT2D eigenvalue weighted by atomic mass is 15.1. The van der Waals surface area contributed by atoms with E-state index in [0.29, 0.717) is 0 Å². The summed E-state index contributed by atoms with van der Waals surface area (Å²) < 4.78 is 0. The second-order valence-electron chi connectivity index (χ2n) is 7.50. The zero-order valence-corrected chi connectivity index (χ0v) is 15.5. The summed E-state index contributed by atoms with van der Waals surface area (Å²) in [6.45, 7) is 0. The van der Waals surface area contributed by atoms with Crippen LogP contribution in [0, 0.1) is 0 Å². The first kappa shape index (κ1) is 15.5. The van der Waals surface area contributed by atoms with Crippen LogP contribution in [0.4, 0.5) is 17.1 Å². The molecule has 1 aliphatic heterocycles. The van der Waals surface area contributed by atoms with Crippen LogP contribution < -0.4 is 4.90 Å². The third kappa shape index (κ3) is 2.28. The van der Waals surface area contributed by atoms with E-state index >= 15 is 0 Å². The molecule has 6 rings (SSSR count). The maximum Gasteiger partial charge on any atom is 0.0514 e. The summed E-state index contributed by atoms with van der Waals surface area (Å²) in [5, 5.41) is 2.61. The van der Waals surface area contributed by atoms with Gasteiger partial charge in [-0.15, -0.1) is 0 Å². The Balaban J connectivity index is 1.67. The summed E-state index contributed by atoms with van der Waals surface area (Å²) >= 11 is 0. The first-order chi connectivity index (χ1) is 13.9. The van der Waals surface area contributed by atoms with Crippen molar-refractivity contribution >= 4 is 38.9 Å². The van der Waals surface area contributed by atoms with Gasteiger partial charge in [0.1, 0.15) is 0 Å². The number of rotatable bonds is 1. The molecule has 0 amide bonds. The molecule has 5 aromatic rings. The molecule has 2 heterocycles. The molecule has 28 heavy (non-hydrogen) atoms. The summed E-state index contributed by atoms with van der Waals surface area (Å²) in [6.07, 6.45) is 2.10. The number of benzene rings is 4. The van der Waals surface area contributed by atoms with Crippen molar-refractivity contribution < 1.29 is 0 Å². The molecule has 0 aliphatic carbocycles. The van der Waals surface area contributed by atoms with Gasteiger partial charge in [0.05, 0.1) is 5.69 Å². The highest BCUT2D eigenvalue weighted by molar-refractivity contribution is 6.09. The molecular formula is C26H20N2. The third-order valence-corrected chi connectivity index (χ3v) is 5.86. The Morgan fingerprint density at radius 1 is 0.571 bits per heavy atom. The lowest BCUT2D eigenvalue weighted by Gasteiger charge is -2.27. The lowest BCUT2D eigenvalue weighted by Crippen LogP contribution is -2.11. The average molecular weight is 360 g/mol. The molecule has 134 valence electrons. The van der Waals surface area contributed by atoms with Gasteiger partial charge in [0, 0.05) is 33.2 Å². The smallest absolute Gasteiger partial charge is 0.0514 e. The summed E-state index contributed by atoms with van der Waals surface area (Å²) in [6, 6.07) is 32.8. The zero-order valence-electron chi connectivity index (χ0n) is 15.5. The van der Waals surface area contributed by atoms with Crippen LogP contribution in [-0.4, -0.2) is 4.98 Å². The van der Waals surface area contributed by atoms with E-state index in [-0.39, 0.29) is 0 Å². The Morgan fingerprint density at radius 2 is 1.32 bits per heavy atom. The average Bonchev–Trinajstić information content (AvgIpc) is 3.02. The summed E-state index contributed by atoms with van der Waals surface area (Å²) in [7, 11) is 0. The zero-order chi connectivity index (χ0) is 18.5. The van der Waals surface area contributed by atoms with Gasteiger partial charge in [-0.25, -0.2) is 0 Å². The highest BCUT2D eigenvalue weighted by Gasteiger charge is 2.23. The van der Waals surface area contributed by atoms with Crippen LogP contribution in [0.25, 0.3) is 21.8 Å². The van der Waals surface area contributed by atoms with Crippen LogP contribution in [0.1, 0.15) is 11.1 Å². The van der Waals surface area contributed by atoms with Crippen LogP contribution in [0.15, 0.2) is 91.0 Å². The van der Waals surface area contributed by atoms with Crippen molar-refractivity contribution in [2.45, 2.75) is 12.8 Å². The van der Waals surface area contributed by atoms with Gasteiger partial charge >= 0.3 is 0 Å². The summed E-state index contributed by atoms with van der Waals surface area (Å²) in [4.78, 5) is 6.04. The number of anilines is 3. The number of aryl methyl sites for hydroxylation is 2. The van der Waals surface area contributed by atoms with Gasteiger partial charge in [-0.3, -0.25) is 0 Å². The minimum Gasteiger partial charge on any atom is -0.354 e. The molecule has 4 aromatic carbocycles. The van der Waals surface area contributed by atoms with Crippen LogP contribution in [0.2, 0.25) is 0 Å². The maximum atomic E-state index is 3.62. The van der Waals surface area contributed by atoms with Gasteiger partial charge in [0.15, 0.2) is 0 Å². The predicted octanol–water partition coefficient (Wildman–Crippen LogP) is 6.89. The SMILES string of the molecule is c1ccc(N2c3ccccc3CCc3cc4c(cc32)[nH]c2ccccc24)cc1. The Kier molecular flexibility index (Phi) is 3.33. The largest absolute Gasteiger partial charge is 0.354 e. The lowest BCUT2D eigenvalue weighted by atomic mass is 10.0. The van der Waals surface area contributed by atoms with Crippen molar-refractivity contribution in [2.75, 3.05) is 4.90 Å². The topological polar surface area (TPSA) is 19.0 Å². The Labute approximate surface area is 164 Å². The van der Waals surface area contributed by atoms with Gasteiger partial charge in [0.25, 0.3) is 0 Å². The minimum absolute atomic E-state index is 1.05. The van der Waals surface area contributed by atoms with E-state index in [1.54, 1.807) is 0 Å². The van der Waals surface area contributed by atoms with E-state index in [1.165, 1.54) is 50.0 Å². The van der Waals surface area contributed by atoms with Crippen LogP contribution in [-0.2, 0) is 12.8 Å². The number of hydrogen-bond donors (Lipinski definition) is 1. The number of para-hydroxylation sites is 3. The molecule has 1 aromatic heterocycles. The molecule has 1 aliphatic rings. The van der Waals surface area contributed by atoms with E-state index in [9.17, 15) is 0 Å². The molecule has 0 saturated heterocycles. The first-order valence-corrected chi connectivity index (χ1v) is 9.85. The van der Waals surface area contributed by atoms with E-state index in [2.05, 4.69) is 101 Å². The number of aromatic nitrogens is 1. The number of fused-ring (bicyclic) bond motifs is 5. The van der Waals surface area contributed by atoms with Crippen LogP contribution in [0.3, 0.4) is 0 Å². The normalized spacial score (nSPS) is 13.4. The van der Waals surface area contributed by atoms with Gasteiger partial charge in [-0.05, 0) is 60.4 Å². The van der Waals surface area contributed by atoms with E-state index < -0.39 is 0 Å². The van der Waals surface area contributed by atoms with Crippen LogP contribution in [0.5, 0.6) is 0 Å². The molecule has 0 saturated carbocycles. The number of aromatic amines is 1. The van der Waals surface area contributed by atoms with E-state index in [1.807, 2.05) is 0 Å². The summed E-state index contributed by atoms with van der Waals surface area (Å²) in [5.74, 6) is 0. The fourth-order valence-corrected chi connectivity index (χ4v) is 4.53. The second kappa shape index (κ2) is 6.00. The Morgan fingerprint density at radius 3 is 2.25 bits per heavy atom. The molecule has 0 unspecified atom stereocenters. The molecule has 2 heteroatoms. The molecule has 0 fully saturated rings. The molecule has 0 radical (unpaired) electrons. The van der Waals surface area contributed by atoms with Gasteiger partial charge in [0.2, 0.25) is 0 Å². The maximum absolute atomic E-state index is 3.62. The Bertz CT molecular complexity index is 1310. The van der Waals surface area contributed by atoms with Crippen molar-refractivity contribution in [1.29, 1.82) is 0 Å². The van der Waals surface area contributed by atoms with Gasteiger partial charge < -0.3 is 9.88 Å². The number of hydrogen-bond acceptors (Lipinski definition) is 1. The second-order valence-corrected chi connectivity index (χ2v) is 7.50.